The van der Waals surface area contributed by atoms with Gasteiger partial charge in [-0.2, -0.15) is 0 Å². The number of nitrogens with two attached hydrogens (primary N) is 1. The molecule has 1 rings (SSSR count). The van der Waals surface area contributed by atoms with Crippen LogP contribution in [0.4, 0.5) is 4.79 Å². The van der Waals surface area contributed by atoms with Gasteiger partial charge >= 0.3 is 12.0 Å². The van der Waals surface area contributed by atoms with Crippen LogP contribution in [0.5, 0.6) is 0 Å². The van der Waals surface area contributed by atoms with E-state index in [1.165, 1.54) is 0 Å². The second-order valence-electron chi connectivity index (χ2n) is 4.48. The molecule has 10 nitrogen and oxygen atoms in total. The summed E-state index contributed by atoms with van der Waals surface area (Å²) in [6.45, 7) is 1.26. The normalized spacial score (nSPS) is 19.7. The van der Waals surface area contributed by atoms with E-state index in [-0.39, 0.29) is 13.0 Å². The molecule has 0 aliphatic carbocycles. The summed E-state index contributed by atoms with van der Waals surface area (Å²) in [5.74, 6) is -3.64. The summed E-state index contributed by atoms with van der Waals surface area (Å²) in [7, 11) is 0. The monoisotopic (exact) mass is 300 g/mol. The second-order valence-corrected chi connectivity index (χ2v) is 4.48. The number of carboxylic acids is 1. The maximum atomic E-state index is 12.0. The van der Waals surface area contributed by atoms with Gasteiger partial charge in [0, 0.05) is 0 Å². The summed E-state index contributed by atoms with van der Waals surface area (Å²) < 4.78 is 0. The highest BCUT2D eigenvalue weighted by molar-refractivity contribution is 6.04. The van der Waals surface area contributed by atoms with Crippen LogP contribution in [0, 0.1) is 0 Å². The number of urea groups is 1. The second kappa shape index (κ2) is 6.68. The van der Waals surface area contributed by atoms with Crippen LogP contribution in [0.15, 0.2) is 0 Å². The summed E-state index contributed by atoms with van der Waals surface area (Å²) in [6, 6.07) is -3.32. The Morgan fingerprint density at radius 2 is 2.10 bits per heavy atom. The fourth-order valence-corrected chi connectivity index (χ4v) is 1.92. The van der Waals surface area contributed by atoms with Crippen LogP contribution in [-0.2, 0) is 19.2 Å². The van der Waals surface area contributed by atoms with Crippen LogP contribution in [0.25, 0.3) is 0 Å². The Kier molecular flexibility index (Phi) is 5.22. The van der Waals surface area contributed by atoms with E-state index >= 15 is 0 Å². The number of carbonyl (C=O) groups is 5. The van der Waals surface area contributed by atoms with E-state index in [1.54, 1.807) is 6.92 Å². The molecular formula is C11H16N4O6. The van der Waals surface area contributed by atoms with Gasteiger partial charge in [-0.3, -0.25) is 19.7 Å². The van der Waals surface area contributed by atoms with E-state index in [2.05, 4.69) is 10.6 Å². The maximum absolute atomic E-state index is 12.0. The van der Waals surface area contributed by atoms with Crippen LogP contribution >= 0.6 is 0 Å². The predicted molar refractivity (Wildman–Crippen MR) is 67.7 cm³/mol. The van der Waals surface area contributed by atoms with E-state index in [0.717, 1.165) is 4.90 Å². The lowest BCUT2D eigenvalue weighted by Crippen LogP contribution is -2.62. The topological polar surface area (TPSA) is 159 Å². The number of hydrogen-bond donors (Lipinski definition) is 4. The maximum Gasteiger partial charge on any atom is 0.326 e. The van der Waals surface area contributed by atoms with Crippen molar-refractivity contribution < 1.29 is 29.1 Å². The Bertz CT molecular complexity index is 491. The number of carbonyl (C=O) groups excluding carboxylic acids is 4. The number of imide groups is 1. The number of rotatable bonds is 5. The van der Waals surface area contributed by atoms with Gasteiger partial charge in [0.2, 0.25) is 17.7 Å². The molecule has 0 radical (unpaired) electrons. The molecule has 1 aliphatic rings. The molecule has 0 aromatic rings. The molecule has 1 fully saturated rings. The molecule has 2 atom stereocenters. The minimum Gasteiger partial charge on any atom is -0.480 e. The summed E-state index contributed by atoms with van der Waals surface area (Å²) in [5.41, 5.74) is 4.90. The molecule has 1 aliphatic heterocycles. The molecule has 0 spiro atoms. The molecule has 5 amide bonds. The van der Waals surface area contributed by atoms with E-state index in [0.29, 0.717) is 0 Å². The van der Waals surface area contributed by atoms with Gasteiger partial charge in [0.1, 0.15) is 18.6 Å². The SMILES string of the molecule is CCC1C(=O)NC(=O)CN1C(=O)N[C@@H](CC(N)=O)C(=O)O. The lowest BCUT2D eigenvalue weighted by molar-refractivity contribution is -0.141. The highest BCUT2D eigenvalue weighted by Gasteiger charge is 2.37. The van der Waals surface area contributed by atoms with Crippen LogP contribution in [-0.4, -0.2) is 58.4 Å². The van der Waals surface area contributed by atoms with Gasteiger partial charge in [-0.25, -0.2) is 9.59 Å². The van der Waals surface area contributed by atoms with E-state index in [1.807, 2.05) is 0 Å². The molecular weight excluding hydrogens is 284 g/mol. The van der Waals surface area contributed by atoms with E-state index in [4.69, 9.17) is 10.8 Å². The molecule has 5 N–H and O–H groups in total. The summed E-state index contributed by atoms with van der Waals surface area (Å²) in [6.07, 6.45) is -0.341. The molecule has 0 bridgehead atoms. The van der Waals surface area contributed by atoms with Crippen molar-refractivity contribution >= 4 is 29.7 Å². The van der Waals surface area contributed by atoms with Crippen molar-refractivity contribution in [1.29, 1.82) is 0 Å². The van der Waals surface area contributed by atoms with Crippen molar-refractivity contribution in [3.8, 4) is 0 Å². The molecule has 1 unspecified atom stereocenters. The first-order valence-corrected chi connectivity index (χ1v) is 6.18. The standard InChI is InChI=1S/C11H16N4O6/c1-2-6-9(18)14-8(17)4-15(6)11(21)13-5(10(19)20)3-7(12)16/h5-6H,2-4H2,1H3,(H2,12,16)(H,13,21)(H,19,20)(H,14,17,18)/t5-,6?/m0/s1. The van der Waals surface area contributed by atoms with Crippen molar-refractivity contribution in [1.82, 2.24) is 15.5 Å². The number of aliphatic carboxylic acids is 1. The van der Waals surface area contributed by atoms with Gasteiger partial charge in [-0.05, 0) is 6.42 Å². The fourth-order valence-electron chi connectivity index (χ4n) is 1.92. The Morgan fingerprint density at radius 3 is 2.57 bits per heavy atom. The number of amides is 5. The quantitative estimate of drug-likeness (QED) is 0.420. The van der Waals surface area contributed by atoms with Crippen LogP contribution in [0.1, 0.15) is 19.8 Å². The molecule has 0 aromatic heterocycles. The average Bonchev–Trinajstić information content (AvgIpc) is 2.36. The molecule has 116 valence electrons. The highest BCUT2D eigenvalue weighted by atomic mass is 16.4. The highest BCUT2D eigenvalue weighted by Crippen LogP contribution is 2.10. The number of primary amides is 1. The lowest BCUT2D eigenvalue weighted by atomic mass is 10.1. The van der Waals surface area contributed by atoms with Crippen LogP contribution < -0.4 is 16.4 Å². The zero-order chi connectivity index (χ0) is 16.2. The number of nitrogens with one attached hydrogen (secondary N) is 2. The van der Waals surface area contributed by atoms with E-state index in [9.17, 15) is 24.0 Å². The molecule has 21 heavy (non-hydrogen) atoms. The molecule has 0 aromatic carbocycles. The number of hydrogen-bond acceptors (Lipinski definition) is 5. The Morgan fingerprint density at radius 1 is 1.48 bits per heavy atom. The molecule has 10 heteroatoms. The van der Waals surface area contributed by atoms with Gasteiger partial charge in [0.25, 0.3) is 0 Å². The Hall–Kier alpha value is -2.65. The van der Waals surface area contributed by atoms with Crippen molar-refractivity contribution in [3.63, 3.8) is 0 Å². The first kappa shape index (κ1) is 16.4. The van der Waals surface area contributed by atoms with Crippen LogP contribution in [0.3, 0.4) is 0 Å². The average molecular weight is 300 g/mol. The largest absolute Gasteiger partial charge is 0.480 e. The third-order valence-electron chi connectivity index (χ3n) is 2.90. The Labute approximate surface area is 119 Å². The van der Waals surface area contributed by atoms with Crippen molar-refractivity contribution in [3.05, 3.63) is 0 Å². The van der Waals surface area contributed by atoms with Crippen molar-refractivity contribution in [2.75, 3.05) is 6.54 Å². The molecule has 0 saturated carbocycles. The first-order valence-electron chi connectivity index (χ1n) is 6.18. The Balaban J connectivity index is 2.83. The number of carboxylic acid groups (broad SMARTS) is 1. The van der Waals surface area contributed by atoms with Gasteiger partial charge in [0.15, 0.2) is 0 Å². The van der Waals surface area contributed by atoms with Crippen LogP contribution in [0.2, 0.25) is 0 Å². The fraction of sp³-hybridized carbons (Fsp3) is 0.545. The summed E-state index contributed by atoms with van der Waals surface area (Å²) >= 11 is 0. The lowest BCUT2D eigenvalue weighted by Gasteiger charge is -2.33. The number of nitrogens with zero attached hydrogens (tertiary/aromatic N) is 1. The zero-order valence-electron chi connectivity index (χ0n) is 11.3. The predicted octanol–water partition coefficient (Wildman–Crippen LogP) is -2.24. The van der Waals surface area contributed by atoms with Gasteiger partial charge in [-0.15, -0.1) is 0 Å². The van der Waals surface area contributed by atoms with Gasteiger partial charge in [-0.1, -0.05) is 6.92 Å². The first-order chi connectivity index (χ1) is 9.76. The minimum absolute atomic E-state index is 0.250. The van der Waals surface area contributed by atoms with E-state index < -0.39 is 48.2 Å². The zero-order valence-corrected chi connectivity index (χ0v) is 11.3. The summed E-state index contributed by atoms with van der Waals surface area (Å²) in [5, 5.41) is 13.1. The minimum atomic E-state index is -1.52. The van der Waals surface area contributed by atoms with Gasteiger partial charge < -0.3 is 21.1 Å². The summed E-state index contributed by atoms with van der Waals surface area (Å²) in [4.78, 5) is 57.6. The smallest absolute Gasteiger partial charge is 0.326 e. The number of piperazine rings is 1. The molecule has 1 saturated heterocycles. The third-order valence-corrected chi connectivity index (χ3v) is 2.90. The van der Waals surface area contributed by atoms with Crippen molar-refractivity contribution in [2.45, 2.75) is 31.8 Å². The van der Waals surface area contributed by atoms with Crippen molar-refractivity contribution in [2.24, 2.45) is 5.73 Å². The molecule has 1 heterocycles. The third kappa shape index (κ3) is 4.16. The van der Waals surface area contributed by atoms with Gasteiger partial charge in [0.05, 0.1) is 6.42 Å².